The first-order chi connectivity index (χ1) is 5.43. The second-order valence-electron chi connectivity index (χ2n) is 1.99. The average Bonchev–Trinajstić information content (AvgIpc) is 1.83. The molecule has 0 aromatic heterocycles. The van der Waals surface area contributed by atoms with E-state index < -0.39 is 30.4 Å². The summed E-state index contributed by atoms with van der Waals surface area (Å²) >= 11 is 0. The fourth-order valence-corrected chi connectivity index (χ4v) is 0.525. The van der Waals surface area contributed by atoms with Crippen molar-refractivity contribution >= 4 is 17.9 Å². The molecule has 68 valence electrons. The van der Waals surface area contributed by atoms with Crippen molar-refractivity contribution < 1.29 is 88.4 Å². The zero-order chi connectivity index (χ0) is 9.72. The van der Waals surface area contributed by atoms with Crippen LogP contribution in [-0.4, -0.2) is 24.0 Å². The van der Waals surface area contributed by atoms with E-state index in [1.165, 1.54) is 0 Å². The van der Waals surface area contributed by atoms with E-state index in [2.05, 4.69) is 4.74 Å². The predicted octanol–water partition coefficient (Wildman–Crippen LogP) is -9.18. The second-order valence-corrected chi connectivity index (χ2v) is 1.99. The minimum Gasteiger partial charge on any atom is -0.550 e. The largest absolute Gasteiger partial charge is 1.00 e. The van der Waals surface area contributed by atoms with E-state index in [1.807, 2.05) is 0 Å². The van der Waals surface area contributed by atoms with Crippen LogP contribution in [0.3, 0.4) is 0 Å². The molecule has 6 nitrogen and oxygen atoms in total. The Balaban J connectivity index is -0.000000605. The van der Waals surface area contributed by atoms with Gasteiger partial charge in [-0.3, -0.25) is 4.79 Å². The summed E-state index contributed by atoms with van der Waals surface area (Å²) in [6.07, 6.45) is -2.67. The monoisotopic (exact) mass is 220 g/mol. The van der Waals surface area contributed by atoms with Crippen LogP contribution in [0.5, 0.6) is 0 Å². The van der Waals surface area contributed by atoms with Crippen LogP contribution in [0.1, 0.15) is 13.3 Å². The van der Waals surface area contributed by atoms with Gasteiger partial charge in [0.15, 0.2) is 0 Å². The maximum atomic E-state index is 10.2. The molecular formula is C6H6Na2O6. The summed E-state index contributed by atoms with van der Waals surface area (Å²) in [4.78, 5) is 30.2. The summed E-state index contributed by atoms with van der Waals surface area (Å²) < 4.78 is 4.10. The first kappa shape index (κ1) is 19.9. The summed E-state index contributed by atoms with van der Waals surface area (Å²) in [6, 6.07) is 0. The van der Waals surface area contributed by atoms with Gasteiger partial charge in [0.25, 0.3) is 0 Å². The third-order valence-corrected chi connectivity index (χ3v) is 0.923. The van der Waals surface area contributed by atoms with E-state index in [4.69, 9.17) is 0 Å². The third kappa shape index (κ3) is 10.5. The van der Waals surface area contributed by atoms with Crippen molar-refractivity contribution in [1.29, 1.82) is 0 Å². The van der Waals surface area contributed by atoms with Crippen LogP contribution < -0.4 is 69.3 Å². The van der Waals surface area contributed by atoms with Gasteiger partial charge >= 0.3 is 65.1 Å². The summed E-state index contributed by atoms with van der Waals surface area (Å²) in [5, 5.41) is 20.0. The first-order valence-corrected chi connectivity index (χ1v) is 3.01. The van der Waals surface area contributed by atoms with Gasteiger partial charge in [-0.1, -0.05) is 0 Å². The molecule has 0 N–H and O–H groups in total. The minimum absolute atomic E-state index is 0. The Morgan fingerprint density at radius 1 is 1.21 bits per heavy atom. The van der Waals surface area contributed by atoms with E-state index >= 15 is 0 Å². The molecule has 0 aromatic carbocycles. The molecule has 0 unspecified atom stereocenters. The van der Waals surface area contributed by atoms with E-state index in [0.29, 0.717) is 0 Å². The van der Waals surface area contributed by atoms with E-state index in [9.17, 15) is 24.6 Å². The van der Waals surface area contributed by atoms with Crippen LogP contribution in [0.25, 0.3) is 0 Å². The van der Waals surface area contributed by atoms with Gasteiger partial charge in [-0.15, -0.1) is 0 Å². The molecule has 0 aliphatic heterocycles. The van der Waals surface area contributed by atoms with Crippen molar-refractivity contribution in [2.75, 3.05) is 0 Å². The van der Waals surface area contributed by atoms with Crippen LogP contribution in [0.2, 0.25) is 0 Å². The Morgan fingerprint density at radius 3 is 1.86 bits per heavy atom. The van der Waals surface area contributed by atoms with Crippen molar-refractivity contribution in [1.82, 2.24) is 0 Å². The molecule has 0 heterocycles. The van der Waals surface area contributed by atoms with E-state index in [1.54, 1.807) is 0 Å². The summed E-state index contributed by atoms with van der Waals surface area (Å²) in [6.45, 7) is 0.964. The fourth-order valence-electron chi connectivity index (χ4n) is 0.525. The number of esters is 1. The van der Waals surface area contributed by atoms with Crippen molar-refractivity contribution in [2.45, 2.75) is 19.4 Å². The Labute approximate surface area is 125 Å². The molecule has 0 bridgehead atoms. The zero-order valence-corrected chi connectivity index (χ0v) is 12.2. The van der Waals surface area contributed by atoms with Crippen LogP contribution in [0.15, 0.2) is 0 Å². The van der Waals surface area contributed by atoms with Crippen LogP contribution in [0, 0.1) is 0 Å². The number of hydrogen-bond donors (Lipinski definition) is 0. The number of carboxylic acid groups (broad SMARTS) is 2. The maximum Gasteiger partial charge on any atom is 1.00 e. The van der Waals surface area contributed by atoms with Gasteiger partial charge in [0.1, 0.15) is 6.10 Å². The van der Waals surface area contributed by atoms with Gasteiger partial charge < -0.3 is 24.5 Å². The quantitative estimate of drug-likeness (QED) is 0.344. The average molecular weight is 220 g/mol. The van der Waals surface area contributed by atoms with Crippen LogP contribution in [-0.2, 0) is 19.1 Å². The molecule has 0 amide bonds. The molecule has 0 rings (SSSR count). The van der Waals surface area contributed by atoms with Gasteiger partial charge in [0.2, 0.25) is 0 Å². The molecule has 14 heavy (non-hydrogen) atoms. The standard InChI is InChI=1S/C6H8O6.2Na/c1-3(7)12-4(6(10)11)2-5(8)9;;/h4H,2H2,1H3,(H,8,9)(H,10,11);;/q;2*+1/p-2/t4-;;/m1../s1. The number of ether oxygens (including phenoxy) is 1. The van der Waals surface area contributed by atoms with Gasteiger partial charge in [-0.05, 0) is 0 Å². The van der Waals surface area contributed by atoms with Crippen LogP contribution >= 0.6 is 0 Å². The van der Waals surface area contributed by atoms with Crippen molar-refractivity contribution in [2.24, 2.45) is 0 Å². The van der Waals surface area contributed by atoms with Crippen molar-refractivity contribution in [3.8, 4) is 0 Å². The molecule has 0 aliphatic rings. The number of aliphatic carboxylic acids is 2. The number of carbonyl (C=O) groups excluding carboxylic acids is 3. The maximum absolute atomic E-state index is 10.2. The molecular weight excluding hydrogens is 214 g/mol. The smallest absolute Gasteiger partial charge is 0.550 e. The van der Waals surface area contributed by atoms with Crippen molar-refractivity contribution in [3.05, 3.63) is 0 Å². The molecule has 0 aromatic rings. The molecule has 0 spiro atoms. The normalized spacial score (nSPS) is 10.1. The summed E-state index contributed by atoms with van der Waals surface area (Å²) in [5.74, 6) is -4.26. The van der Waals surface area contributed by atoms with E-state index in [0.717, 1.165) is 6.92 Å². The summed E-state index contributed by atoms with van der Waals surface area (Å²) in [7, 11) is 0. The van der Waals surface area contributed by atoms with E-state index in [-0.39, 0.29) is 59.1 Å². The molecule has 0 radical (unpaired) electrons. The molecule has 1 atom stereocenters. The Hall–Kier alpha value is 0.410. The molecule has 8 heteroatoms. The van der Waals surface area contributed by atoms with Gasteiger partial charge in [0.05, 0.1) is 5.97 Å². The van der Waals surface area contributed by atoms with Gasteiger partial charge in [-0.2, -0.15) is 0 Å². The minimum atomic E-state index is -1.77. The zero-order valence-electron chi connectivity index (χ0n) is 8.23. The topological polar surface area (TPSA) is 107 Å². The molecule has 0 saturated carbocycles. The molecule has 0 fully saturated rings. The third-order valence-electron chi connectivity index (χ3n) is 0.923. The number of carbonyl (C=O) groups is 3. The van der Waals surface area contributed by atoms with Crippen molar-refractivity contribution in [3.63, 3.8) is 0 Å². The SMILES string of the molecule is CC(=O)O[C@H](CC(=O)[O-])C(=O)[O-].[Na+].[Na+]. The number of carboxylic acids is 2. The summed E-state index contributed by atoms with van der Waals surface area (Å²) in [5.41, 5.74) is 0. The predicted molar refractivity (Wildman–Crippen MR) is 30.2 cm³/mol. The fraction of sp³-hybridized carbons (Fsp3) is 0.500. The Morgan fingerprint density at radius 2 is 1.64 bits per heavy atom. The Bertz CT molecular complexity index is 200. The second kappa shape index (κ2) is 9.95. The molecule has 0 aliphatic carbocycles. The Kier molecular flexibility index (Phi) is 14.1. The van der Waals surface area contributed by atoms with Gasteiger partial charge in [0, 0.05) is 19.3 Å². The number of rotatable bonds is 4. The molecule has 0 saturated heterocycles. The van der Waals surface area contributed by atoms with Crippen LogP contribution in [0.4, 0.5) is 0 Å². The van der Waals surface area contributed by atoms with Gasteiger partial charge in [-0.25, -0.2) is 0 Å². The first-order valence-electron chi connectivity index (χ1n) is 3.01. The number of hydrogen-bond acceptors (Lipinski definition) is 6.